The molecule has 4 aromatic rings. The smallest absolute Gasteiger partial charge is 0.193 e. The molecule has 0 atom stereocenters. The second-order valence-corrected chi connectivity index (χ2v) is 7.23. The first kappa shape index (κ1) is 16.4. The molecule has 0 bridgehead atoms. The van der Waals surface area contributed by atoms with Gasteiger partial charge in [-0.25, -0.2) is 0 Å². The highest BCUT2D eigenvalue weighted by atomic mass is 79.9. The topological polar surface area (TPSA) is 39.4 Å². The molecule has 1 heterocycles. The van der Waals surface area contributed by atoms with Crippen LogP contribution in [-0.2, 0) is 0 Å². The third-order valence-corrected chi connectivity index (χ3v) is 5.44. The van der Waals surface area contributed by atoms with Gasteiger partial charge in [0.2, 0.25) is 0 Å². The van der Waals surface area contributed by atoms with Crippen molar-refractivity contribution < 1.29 is 9.15 Å². The Morgan fingerprint density at radius 1 is 0.960 bits per heavy atom. The Bertz CT molecular complexity index is 1170. The lowest BCUT2D eigenvalue weighted by molar-refractivity contribution is 0.409. The van der Waals surface area contributed by atoms with Crippen molar-refractivity contribution in [2.75, 3.05) is 7.11 Å². The highest BCUT2D eigenvalue weighted by Crippen LogP contribution is 2.40. The molecule has 0 saturated heterocycles. The summed E-state index contributed by atoms with van der Waals surface area (Å²) in [5.74, 6) is 1.12. The Hall–Kier alpha value is -2.11. The molecular weight excluding hydrogens is 448 g/mol. The summed E-state index contributed by atoms with van der Waals surface area (Å²) >= 11 is 6.92. The minimum atomic E-state index is -0.103. The van der Waals surface area contributed by atoms with Gasteiger partial charge in [-0.05, 0) is 48.7 Å². The maximum Gasteiger partial charge on any atom is 0.193 e. The Morgan fingerprint density at radius 2 is 1.72 bits per heavy atom. The van der Waals surface area contributed by atoms with E-state index in [0.717, 1.165) is 16.3 Å². The summed E-state index contributed by atoms with van der Waals surface area (Å²) in [5.41, 5.74) is 1.25. The average molecular weight is 460 g/mol. The Morgan fingerprint density at radius 3 is 2.52 bits per heavy atom. The van der Waals surface area contributed by atoms with Gasteiger partial charge in [0.1, 0.15) is 10.2 Å². The van der Waals surface area contributed by atoms with Gasteiger partial charge < -0.3 is 9.15 Å². The summed E-state index contributed by atoms with van der Waals surface area (Å²) in [7, 11) is 1.57. The molecule has 0 aliphatic heterocycles. The van der Waals surface area contributed by atoms with Crippen LogP contribution in [-0.4, -0.2) is 7.11 Å². The summed E-state index contributed by atoms with van der Waals surface area (Å²) in [4.78, 5) is 12.7. The molecule has 0 spiro atoms. The summed E-state index contributed by atoms with van der Waals surface area (Å²) in [6, 6.07) is 17.2. The van der Waals surface area contributed by atoms with Gasteiger partial charge in [-0.2, -0.15) is 0 Å². The number of halogens is 2. The van der Waals surface area contributed by atoms with E-state index in [2.05, 4.69) is 31.9 Å². The Balaban J connectivity index is 2.08. The average Bonchev–Trinajstić information content (AvgIpc) is 2.62. The van der Waals surface area contributed by atoms with Crippen molar-refractivity contribution in [1.29, 1.82) is 0 Å². The highest BCUT2D eigenvalue weighted by Gasteiger charge is 2.17. The zero-order chi connectivity index (χ0) is 17.6. The Labute approximate surface area is 160 Å². The second kappa shape index (κ2) is 6.32. The van der Waals surface area contributed by atoms with E-state index < -0.39 is 0 Å². The fourth-order valence-corrected chi connectivity index (χ4v) is 4.49. The predicted octanol–water partition coefficient (Wildman–Crippen LogP) is 6.15. The fourth-order valence-electron chi connectivity index (χ4n) is 2.96. The highest BCUT2D eigenvalue weighted by molar-refractivity contribution is 9.11. The van der Waals surface area contributed by atoms with Gasteiger partial charge in [0.25, 0.3) is 0 Å². The van der Waals surface area contributed by atoms with Crippen LogP contribution in [0.2, 0.25) is 0 Å². The van der Waals surface area contributed by atoms with Crippen LogP contribution in [0.1, 0.15) is 0 Å². The zero-order valence-corrected chi connectivity index (χ0v) is 16.3. The van der Waals surface area contributed by atoms with Gasteiger partial charge in [-0.15, -0.1) is 0 Å². The third-order valence-electron chi connectivity index (χ3n) is 4.13. The lowest BCUT2D eigenvalue weighted by Crippen LogP contribution is -2.02. The molecule has 5 heteroatoms. The molecule has 0 aliphatic rings. The van der Waals surface area contributed by atoms with Crippen LogP contribution in [0.4, 0.5) is 0 Å². The van der Waals surface area contributed by atoms with Crippen LogP contribution < -0.4 is 10.2 Å². The van der Waals surface area contributed by atoms with Crippen LogP contribution in [0.5, 0.6) is 5.75 Å². The van der Waals surface area contributed by atoms with E-state index in [1.807, 2.05) is 42.5 Å². The summed E-state index contributed by atoms with van der Waals surface area (Å²) < 4.78 is 12.8. The van der Waals surface area contributed by atoms with E-state index in [1.165, 1.54) is 6.07 Å². The van der Waals surface area contributed by atoms with Crippen molar-refractivity contribution in [3.05, 3.63) is 73.8 Å². The third kappa shape index (κ3) is 2.68. The van der Waals surface area contributed by atoms with Crippen LogP contribution in [0, 0.1) is 0 Å². The minimum Gasteiger partial charge on any atom is -0.494 e. The molecular formula is C20H12Br2O3. The first-order valence-corrected chi connectivity index (χ1v) is 9.16. The van der Waals surface area contributed by atoms with Gasteiger partial charge in [-0.1, -0.05) is 42.5 Å². The monoisotopic (exact) mass is 458 g/mol. The van der Waals surface area contributed by atoms with Crippen molar-refractivity contribution in [1.82, 2.24) is 0 Å². The lowest BCUT2D eigenvalue weighted by atomic mass is 10.0. The van der Waals surface area contributed by atoms with E-state index >= 15 is 0 Å². The molecule has 4 rings (SSSR count). The number of hydrogen-bond donors (Lipinski definition) is 0. The van der Waals surface area contributed by atoms with Crippen LogP contribution in [0.3, 0.4) is 0 Å². The fraction of sp³-hybridized carbons (Fsp3) is 0.0500. The van der Waals surface area contributed by atoms with Crippen molar-refractivity contribution in [2.45, 2.75) is 0 Å². The molecule has 0 unspecified atom stereocenters. The van der Waals surface area contributed by atoms with Crippen molar-refractivity contribution in [3.63, 3.8) is 0 Å². The molecule has 1 aromatic heterocycles. The quantitative estimate of drug-likeness (QED) is 0.361. The molecule has 3 aromatic carbocycles. The molecule has 0 saturated carbocycles. The number of benzene rings is 3. The van der Waals surface area contributed by atoms with E-state index in [-0.39, 0.29) is 5.43 Å². The lowest BCUT2D eigenvalue weighted by Gasteiger charge is -2.11. The van der Waals surface area contributed by atoms with Gasteiger partial charge in [0.15, 0.2) is 16.8 Å². The predicted molar refractivity (Wildman–Crippen MR) is 107 cm³/mol. The van der Waals surface area contributed by atoms with Crippen LogP contribution in [0.25, 0.3) is 33.1 Å². The van der Waals surface area contributed by atoms with Crippen molar-refractivity contribution in [2.24, 2.45) is 0 Å². The summed E-state index contributed by atoms with van der Waals surface area (Å²) in [5, 5.41) is 2.62. The molecule has 0 N–H and O–H groups in total. The number of hydrogen-bond acceptors (Lipinski definition) is 3. The van der Waals surface area contributed by atoms with Gasteiger partial charge in [0.05, 0.1) is 17.0 Å². The van der Waals surface area contributed by atoms with E-state index in [0.29, 0.717) is 31.4 Å². The Kier molecular flexibility index (Phi) is 4.13. The first-order chi connectivity index (χ1) is 12.1. The standard InChI is InChI=1S/C20H12Br2O3/c1-24-20-15(21)9-14-16(23)10-17(25-19(14)18(20)22)13-8-4-6-11-5-2-3-7-12(11)13/h2-10H,1H3. The maximum absolute atomic E-state index is 12.7. The van der Waals surface area contributed by atoms with E-state index in [4.69, 9.17) is 9.15 Å². The largest absolute Gasteiger partial charge is 0.494 e. The molecule has 25 heavy (non-hydrogen) atoms. The van der Waals surface area contributed by atoms with Gasteiger partial charge in [0, 0.05) is 11.6 Å². The van der Waals surface area contributed by atoms with E-state index in [9.17, 15) is 4.79 Å². The zero-order valence-electron chi connectivity index (χ0n) is 13.2. The van der Waals surface area contributed by atoms with Crippen molar-refractivity contribution in [3.8, 4) is 17.1 Å². The molecule has 3 nitrogen and oxygen atoms in total. The molecule has 0 amide bonds. The van der Waals surface area contributed by atoms with Gasteiger partial charge >= 0.3 is 0 Å². The molecule has 124 valence electrons. The molecule has 0 aliphatic carbocycles. The summed E-state index contributed by atoms with van der Waals surface area (Å²) in [6.45, 7) is 0. The SMILES string of the molecule is COc1c(Br)cc2c(=O)cc(-c3cccc4ccccc34)oc2c1Br. The van der Waals surface area contributed by atoms with Crippen LogP contribution >= 0.6 is 31.9 Å². The second-order valence-electron chi connectivity index (χ2n) is 5.58. The van der Waals surface area contributed by atoms with Crippen molar-refractivity contribution >= 4 is 53.6 Å². The van der Waals surface area contributed by atoms with Crippen LogP contribution in [0.15, 0.2) is 72.8 Å². The maximum atomic E-state index is 12.7. The normalized spacial score (nSPS) is 11.2. The van der Waals surface area contributed by atoms with E-state index in [1.54, 1.807) is 13.2 Å². The number of methoxy groups -OCH3 is 1. The van der Waals surface area contributed by atoms with Gasteiger partial charge in [-0.3, -0.25) is 4.79 Å². The molecule has 0 fully saturated rings. The number of fused-ring (bicyclic) bond motifs is 2. The number of rotatable bonds is 2. The molecule has 0 radical (unpaired) electrons. The minimum absolute atomic E-state index is 0.103. The number of ether oxygens (including phenoxy) is 1. The summed E-state index contributed by atoms with van der Waals surface area (Å²) in [6.07, 6.45) is 0. The first-order valence-electron chi connectivity index (χ1n) is 7.58.